The fraction of sp³-hybridized carbons (Fsp3) is 0.600. The fourth-order valence-electron chi connectivity index (χ4n) is 2.29. The molecule has 0 fully saturated rings. The third kappa shape index (κ3) is 10.1. The molecule has 0 amide bonds. The maximum atomic E-state index is 9.93. The van der Waals surface area contributed by atoms with Gasteiger partial charge in [-0.3, -0.25) is 0 Å². The highest BCUT2D eigenvalue weighted by Crippen LogP contribution is 2.12. The van der Waals surface area contributed by atoms with Crippen LogP contribution >= 0.6 is 0 Å². The average molecular weight is 318 g/mol. The second kappa shape index (κ2) is 13.1. The molecule has 0 saturated carbocycles. The minimum Gasteiger partial charge on any atom is -0.386 e. The molecule has 0 bridgehead atoms. The van der Waals surface area contributed by atoms with E-state index in [9.17, 15) is 10.2 Å². The standard InChI is InChI=1S/C20H30O3/c1-2-3-4-5-6-7-8-12-15-19(21)16-23-17-20(22)18-13-10-9-11-14-18/h9-11,13-14,19-22H,2-8,16-17H2,1H3. The van der Waals surface area contributed by atoms with Crippen LogP contribution in [0.4, 0.5) is 0 Å². The first-order chi connectivity index (χ1) is 11.2. The lowest BCUT2D eigenvalue weighted by atomic mass is 10.1. The zero-order chi connectivity index (χ0) is 16.8. The van der Waals surface area contributed by atoms with E-state index in [2.05, 4.69) is 18.8 Å². The Morgan fingerprint density at radius 2 is 1.65 bits per heavy atom. The van der Waals surface area contributed by atoms with Crippen molar-refractivity contribution in [3.05, 3.63) is 35.9 Å². The number of ether oxygens (including phenoxy) is 1. The topological polar surface area (TPSA) is 49.7 Å². The van der Waals surface area contributed by atoms with Gasteiger partial charge in [0.05, 0.1) is 13.2 Å². The van der Waals surface area contributed by atoms with Gasteiger partial charge in [0.2, 0.25) is 0 Å². The predicted octanol–water partition coefficient (Wildman–Crippen LogP) is 3.85. The van der Waals surface area contributed by atoms with Gasteiger partial charge in [0, 0.05) is 6.42 Å². The van der Waals surface area contributed by atoms with Gasteiger partial charge in [-0.2, -0.15) is 0 Å². The van der Waals surface area contributed by atoms with Gasteiger partial charge in [0.1, 0.15) is 12.2 Å². The Hall–Kier alpha value is -1.34. The Bertz CT molecular complexity index is 447. The van der Waals surface area contributed by atoms with E-state index in [1.165, 1.54) is 32.1 Å². The Balaban J connectivity index is 2.06. The lowest BCUT2D eigenvalue weighted by Gasteiger charge is -2.12. The molecule has 1 aromatic rings. The lowest BCUT2D eigenvalue weighted by Crippen LogP contribution is -2.16. The summed E-state index contributed by atoms with van der Waals surface area (Å²) in [7, 11) is 0. The Labute approximate surface area is 140 Å². The van der Waals surface area contributed by atoms with Crippen molar-refractivity contribution in [1.29, 1.82) is 0 Å². The summed E-state index contributed by atoms with van der Waals surface area (Å²) in [6.07, 6.45) is 6.86. The van der Waals surface area contributed by atoms with Gasteiger partial charge in [-0.15, -0.1) is 5.92 Å². The molecule has 23 heavy (non-hydrogen) atoms. The first-order valence-electron chi connectivity index (χ1n) is 8.71. The van der Waals surface area contributed by atoms with E-state index in [-0.39, 0.29) is 13.2 Å². The predicted molar refractivity (Wildman–Crippen MR) is 94.0 cm³/mol. The molecule has 2 unspecified atom stereocenters. The largest absolute Gasteiger partial charge is 0.386 e. The molecule has 0 aliphatic carbocycles. The smallest absolute Gasteiger partial charge is 0.137 e. The van der Waals surface area contributed by atoms with Gasteiger partial charge in [-0.05, 0) is 12.0 Å². The summed E-state index contributed by atoms with van der Waals surface area (Å²) in [5.41, 5.74) is 0.816. The van der Waals surface area contributed by atoms with Crippen molar-refractivity contribution >= 4 is 0 Å². The molecule has 0 spiro atoms. The fourth-order valence-corrected chi connectivity index (χ4v) is 2.29. The number of unbranched alkanes of at least 4 members (excludes halogenated alkanes) is 6. The molecular weight excluding hydrogens is 288 g/mol. The van der Waals surface area contributed by atoms with Crippen LogP contribution in [0.25, 0.3) is 0 Å². The van der Waals surface area contributed by atoms with Crippen molar-refractivity contribution in [3.8, 4) is 11.8 Å². The number of benzene rings is 1. The number of aliphatic hydroxyl groups is 2. The van der Waals surface area contributed by atoms with Gasteiger partial charge in [0.25, 0.3) is 0 Å². The van der Waals surface area contributed by atoms with Gasteiger partial charge in [-0.25, -0.2) is 0 Å². The Morgan fingerprint density at radius 3 is 2.39 bits per heavy atom. The number of hydrogen-bond acceptors (Lipinski definition) is 3. The van der Waals surface area contributed by atoms with Crippen molar-refractivity contribution in [3.63, 3.8) is 0 Å². The van der Waals surface area contributed by atoms with Crippen LogP contribution < -0.4 is 0 Å². The van der Waals surface area contributed by atoms with Gasteiger partial charge < -0.3 is 14.9 Å². The molecule has 1 aromatic carbocycles. The Kier molecular flexibility index (Phi) is 11.3. The molecule has 3 heteroatoms. The molecule has 0 saturated heterocycles. The summed E-state index contributed by atoms with van der Waals surface area (Å²) < 4.78 is 5.33. The Morgan fingerprint density at radius 1 is 0.957 bits per heavy atom. The van der Waals surface area contributed by atoms with Crippen LogP contribution in [0.2, 0.25) is 0 Å². The first-order valence-corrected chi connectivity index (χ1v) is 8.71. The van der Waals surface area contributed by atoms with E-state index < -0.39 is 12.2 Å². The highest BCUT2D eigenvalue weighted by atomic mass is 16.5. The van der Waals surface area contributed by atoms with Crippen molar-refractivity contribution in [2.75, 3.05) is 13.2 Å². The maximum absolute atomic E-state index is 9.93. The van der Waals surface area contributed by atoms with Gasteiger partial charge >= 0.3 is 0 Å². The second-order valence-corrected chi connectivity index (χ2v) is 5.82. The molecule has 1 rings (SSSR count). The molecule has 128 valence electrons. The van der Waals surface area contributed by atoms with Crippen molar-refractivity contribution in [1.82, 2.24) is 0 Å². The van der Waals surface area contributed by atoms with E-state index in [0.717, 1.165) is 18.4 Å². The number of aliphatic hydroxyl groups excluding tert-OH is 2. The van der Waals surface area contributed by atoms with Crippen LogP contribution in [0.3, 0.4) is 0 Å². The van der Waals surface area contributed by atoms with E-state index in [1.807, 2.05) is 30.3 Å². The lowest BCUT2D eigenvalue weighted by molar-refractivity contribution is 0.00665. The number of rotatable bonds is 11. The zero-order valence-corrected chi connectivity index (χ0v) is 14.2. The minimum atomic E-state index is -0.780. The highest BCUT2D eigenvalue weighted by molar-refractivity contribution is 5.17. The summed E-state index contributed by atoms with van der Waals surface area (Å²) in [5, 5.41) is 19.7. The van der Waals surface area contributed by atoms with E-state index >= 15 is 0 Å². The second-order valence-electron chi connectivity index (χ2n) is 5.82. The van der Waals surface area contributed by atoms with Crippen molar-refractivity contribution < 1.29 is 14.9 Å². The molecule has 2 N–H and O–H groups in total. The monoisotopic (exact) mass is 318 g/mol. The van der Waals surface area contributed by atoms with Crippen LogP contribution in [-0.2, 0) is 4.74 Å². The van der Waals surface area contributed by atoms with E-state index in [0.29, 0.717) is 0 Å². The van der Waals surface area contributed by atoms with Crippen LogP contribution in [0.15, 0.2) is 30.3 Å². The van der Waals surface area contributed by atoms with Crippen molar-refractivity contribution in [2.24, 2.45) is 0 Å². The van der Waals surface area contributed by atoms with Crippen molar-refractivity contribution in [2.45, 2.75) is 64.1 Å². The van der Waals surface area contributed by atoms with Gasteiger partial charge in [-0.1, -0.05) is 75.3 Å². The van der Waals surface area contributed by atoms with Crippen LogP contribution in [0.1, 0.15) is 63.5 Å². The number of hydrogen-bond donors (Lipinski definition) is 2. The third-order valence-electron chi connectivity index (χ3n) is 3.66. The highest BCUT2D eigenvalue weighted by Gasteiger charge is 2.08. The van der Waals surface area contributed by atoms with Crippen LogP contribution in [0, 0.1) is 11.8 Å². The normalized spacial score (nSPS) is 13.2. The minimum absolute atomic E-state index is 0.132. The van der Waals surface area contributed by atoms with Gasteiger partial charge in [0.15, 0.2) is 0 Å². The van der Waals surface area contributed by atoms with Crippen LogP contribution in [0.5, 0.6) is 0 Å². The quantitative estimate of drug-likeness (QED) is 0.481. The first kappa shape index (κ1) is 19.7. The summed E-state index contributed by atoms with van der Waals surface area (Å²) >= 11 is 0. The average Bonchev–Trinajstić information content (AvgIpc) is 2.58. The maximum Gasteiger partial charge on any atom is 0.137 e. The SMILES string of the molecule is CCCCCCCCC#CC(O)COCC(O)c1ccccc1. The van der Waals surface area contributed by atoms with E-state index in [4.69, 9.17) is 4.74 Å². The van der Waals surface area contributed by atoms with Crippen LogP contribution in [-0.4, -0.2) is 29.5 Å². The molecule has 0 aliphatic rings. The molecule has 3 nitrogen and oxygen atoms in total. The summed E-state index contributed by atoms with van der Waals surface area (Å²) in [6.45, 7) is 2.52. The third-order valence-corrected chi connectivity index (χ3v) is 3.66. The molecule has 0 aromatic heterocycles. The summed E-state index contributed by atoms with van der Waals surface area (Å²) in [5.74, 6) is 5.80. The summed E-state index contributed by atoms with van der Waals surface area (Å²) in [6, 6.07) is 9.36. The summed E-state index contributed by atoms with van der Waals surface area (Å²) in [4.78, 5) is 0. The molecule has 0 radical (unpaired) electrons. The zero-order valence-electron chi connectivity index (χ0n) is 14.2. The molecule has 0 aliphatic heterocycles. The molecular formula is C20H30O3. The molecule has 0 heterocycles. The van der Waals surface area contributed by atoms with E-state index in [1.54, 1.807) is 0 Å². The molecule has 2 atom stereocenters.